The molecule has 2 aromatic rings. The number of piperidine rings is 1. The van der Waals surface area contributed by atoms with Crippen molar-refractivity contribution in [2.45, 2.75) is 55.9 Å². The predicted octanol–water partition coefficient (Wildman–Crippen LogP) is 3.61. The van der Waals surface area contributed by atoms with Gasteiger partial charge in [0.25, 0.3) is 15.9 Å². The number of ether oxygens (including phenoxy) is 1. The molecule has 1 fully saturated rings. The lowest BCUT2D eigenvalue weighted by molar-refractivity contribution is -0.128. The molecule has 1 aromatic heterocycles. The minimum Gasteiger partial charge on any atom is -0.481 e. The number of benzene rings is 1. The molecule has 29 heavy (non-hydrogen) atoms. The Kier molecular flexibility index (Phi) is 6.97. The van der Waals surface area contributed by atoms with Crippen LogP contribution in [0.1, 0.15) is 45.1 Å². The number of sulfonamides is 1. The van der Waals surface area contributed by atoms with Crippen LogP contribution in [0.15, 0.2) is 46.0 Å². The molecule has 1 N–H and O–H groups in total. The molecule has 1 amide bonds. The summed E-state index contributed by atoms with van der Waals surface area (Å²) in [6.07, 6.45) is 0.555. The van der Waals surface area contributed by atoms with Gasteiger partial charge in [0.05, 0.1) is 0 Å². The van der Waals surface area contributed by atoms with Gasteiger partial charge in [0.1, 0.15) is 9.96 Å². The second-order valence-electron chi connectivity index (χ2n) is 7.57. The molecule has 8 heteroatoms. The van der Waals surface area contributed by atoms with E-state index in [1.807, 2.05) is 24.3 Å². The van der Waals surface area contributed by atoms with Crippen LogP contribution in [-0.2, 0) is 14.8 Å². The van der Waals surface area contributed by atoms with Crippen LogP contribution in [0.25, 0.3) is 0 Å². The first-order valence-electron chi connectivity index (χ1n) is 9.88. The molecule has 1 atom stereocenters. The van der Waals surface area contributed by atoms with E-state index in [1.165, 1.54) is 15.6 Å². The summed E-state index contributed by atoms with van der Waals surface area (Å²) in [5.41, 5.74) is 1.07. The van der Waals surface area contributed by atoms with Crippen molar-refractivity contribution in [3.8, 4) is 5.75 Å². The molecule has 1 aromatic carbocycles. The highest BCUT2D eigenvalue weighted by atomic mass is 32.2. The van der Waals surface area contributed by atoms with Crippen molar-refractivity contribution in [1.82, 2.24) is 9.62 Å². The predicted molar refractivity (Wildman–Crippen MR) is 115 cm³/mol. The monoisotopic (exact) mass is 436 g/mol. The minimum atomic E-state index is -3.43. The van der Waals surface area contributed by atoms with Crippen LogP contribution in [0, 0.1) is 0 Å². The molecule has 3 rings (SSSR count). The fraction of sp³-hybridized carbons (Fsp3) is 0.476. The lowest BCUT2D eigenvalue weighted by atomic mass is 10.0. The zero-order valence-electron chi connectivity index (χ0n) is 17.0. The van der Waals surface area contributed by atoms with Gasteiger partial charge in [0.2, 0.25) is 0 Å². The van der Waals surface area contributed by atoms with E-state index in [-0.39, 0.29) is 11.9 Å². The number of thiophene rings is 1. The van der Waals surface area contributed by atoms with Crippen molar-refractivity contribution in [3.05, 3.63) is 47.3 Å². The Morgan fingerprint density at radius 3 is 2.45 bits per heavy atom. The molecule has 1 unspecified atom stereocenters. The summed E-state index contributed by atoms with van der Waals surface area (Å²) < 4.78 is 33.0. The number of para-hydroxylation sites is 1. The fourth-order valence-electron chi connectivity index (χ4n) is 3.41. The smallest absolute Gasteiger partial charge is 0.260 e. The van der Waals surface area contributed by atoms with Crippen molar-refractivity contribution >= 4 is 27.3 Å². The van der Waals surface area contributed by atoms with Crippen molar-refractivity contribution in [2.24, 2.45) is 0 Å². The van der Waals surface area contributed by atoms with Gasteiger partial charge in [-0.1, -0.05) is 38.1 Å². The Morgan fingerprint density at radius 2 is 1.83 bits per heavy atom. The zero-order chi connectivity index (χ0) is 21.0. The molecular weight excluding hydrogens is 408 g/mol. The number of hydrogen-bond donors (Lipinski definition) is 1. The minimum absolute atomic E-state index is 0.0521. The molecule has 0 saturated carbocycles. The number of rotatable bonds is 7. The van der Waals surface area contributed by atoms with Crippen molar-refractivity contribution in [1.29, 1.82) is 0 Å². The van der Waals surface area contributed by atoms with Crippen molar-refractivity contribution < 1.29 is 17.9 Å². The Labute approximate surface area is 176 Å². The van der Waals surface area contributed by atoms with Crippen molar-refractivity contribution in [2.75, 3.05) is 13.1 Å². The average molecular weight is 437 g/mol. The van der Waals surface area contributed by atoms with E-state index in [0.717, 1.165) is 11.3 Å². The summed E-state index contributed by atoms with van der Waals surface area (Å²) in [5.74, 6) is 0.848. The summed E-state index contributed by atoms with van der Waals surface area (Å²) in [4.78, 5) is 12.6. The Bertz CT molecular complexity index is 918. The summed E-state index contributed by atoms with van der Waals surface area (Å²) >= 11 is 1.23. The maximum atomic E-state index is 12.6. The summed E-state index contributed by atoms with van der Waals surface area (Å²) in [7, 11) is -3.43. The number of nitrogens with zero attached hydrogens (tertiary/aromatic N) is 1. The number of nitrogens with one attached hydrogen (secondary N) is 1. The van der Waals surface area contributed by atoms with Crippen LogP contribution in [0.4, 0.5) is 0 Å². The standard InChI is InChI=1S/C21H28N2O4S2/c1-15(2)18-7-4-5-8-19(18)27-16(3)21(24)22-17-10-12-23(13-11-17)29(25,26)20-9-6-14-28-20/h4-9,14-17H,10-13H2,1-3H3,(H,22,24). The van der Waals surface area contributed by atoms with E-state index < -0.39 is 16.1 Å². The average Bonchev–Trinajstić information content (AvgIpc) is 3.24. The lowest BCUT2D eigenvalue weighted by Gasteiger charge is -2.31. The number of carbonyl (C=O) groups is 1. The van der Waals surface area contributed by atoms with Crippen LogP contribution < -0.4 is 10.1 Å². The molecule has 6 nitrogen and oxygen atoms in total. The van der Waals surface area contributed by atoms with E-state index in [2.05, 4.69) is 19.2 Å². The van der Waals surface area contributed by atoms with Gasteiger partial charge in [0.15, 0.2) is 6.10 Å². The van der Waals surface area contributed by atoms with Gasteiger partial charge in [-0.25, -0.2) is 8.42 Å². The molecule has 1 aliphatic rings. The van der Waals surface area contributed by atoms with Crippen LogP contribution in [0.5, 0.6) is 5.75 Å². The fourth-order valence-corrected chi connectivity index (χ4v) is 6.02. The van der Waals surface area contributed by atoms with Gasteiger partial charge < -0.3 is 10.1 Å². The third-order valence-corrected chi connectivity index (χ3v) is 8.38. The van der Waals surface area contributed by atoms with Crippen LogP contribution in [-0.4, -0.2) is 43.9 Å². The van der Waals surface area contributed by atoms with E-state index in [1.54, 1.807) is 24.4 Å². The zero-order valence-corrected chi connectivity index (χ0v) is 18.6. The summed E-state index contributed by atoms with van der Waals surface area (Å²) in [6, 6.07) is 11.1. The summed E-state index contributed by atoms with van der Waals surface area (Å²) in [5, 5.41) is 4.77. The van der Waals surface area contributed by atoms with E-state index in [4.69, 9.17) is 4.74 Å². The van der Waals surface area contributed by atoms with Gasteiger partial charge >= 0.3 is 0 Å². The molecule has 0 spiro atoms. The maximum absolute atomic E-state index is 12.6. The molecule has 1 saturated heterocycles. The Hall–Kier alpha value is -1.90. The van der Waals surface area contributed by atoms with E-state index >= 15 is 0 Å². The SMILES string of the molecule is CC(Oc1ccccc1C(C)C)C(=O)NC1CCN(S(=O)(=O)c2cccs2)CC1. The first-order valence-corrected chi connectivity index (χ1v) is 12.2. The van der Waals surface area contributed by atoms with Crippen LogP contribution in [0.2, 0.25) is 0 Å². The van der Waals surface area contributed by atoms with E-state index in [0.29, 0.717) is 36.1 Å². The van der Waals surface area contributed by atoms with Crippen LogP contribution in [0.3, 0.4) is 0 Å². The third kappa shape index (κ3) is 5.18. The number of hydrogen-bond acceptors (Lipinski definition) is 5. The normalized spacial score (nSPS) is 17.2. The van der Waals surface area contributed by atoms with E-state index in [9.17, 15) is 13.2 Å². The highest BCUT2D eigenvalue weighted by Gasteiger charge is 2.31. The number of amides is 1. The Morgan fingerprint density at radius 1 is 1.14 bits per heavy atom. The Balaban J connectivity index is 1.53. The maximum Gasteiger partial charge on any atom is 0.260 e. The topological polar surface area (TPSA) is 75.7 Å². The van der Waals surface area contributed by atoms with Gasteiger partial charge in [-0.3, -0.25) is 4.79 Å². The highest BCUT2D eigenvalue weighted by Crippen LogP contribution is 2.27. The first kappa shape index (κ1) is 21.8. The van der Waals surface area contributed by atoms with Crippen LogP contribution >= 0.6 is 11.3 Å². The molecule has 0 bridgehead atoms. The second kappa shape index (κ2) is 9.28. The van der Waals surface area contributed by atoms with Gasteiger partial charge in [-0.15, -0.1) is 11.3 Å². The van der Waals surface area contributed by atoms with Gasteiger partial charge in [-0.2, -0.15) is 4.31 Å². The molecule has 0 radical (unpaired) electrons. The molecular formula is C21H28N2O4S2. The van der Waals surface area contributed by atoms with Gasteiger partial charge in [0, 0.05) is 19.1 Å². The molecule has 0 aliphatic carbocycles. The lowest BCUT2D eigenvalue weighted by Crippen LogP contribution is -2.49. The van der Waals surface area contributed by atoms with Gasteiger partial charge in [-0.05, 0) is 48.8 Å². The molecule has 1 aliphatic heterocycles. The number of carbonyl (C=O) groups excluding carboxylic acids is 1. The largest absolute Gasteiger partial charge is 0.481 e. The summed E-state index contributed by atoms with van der Waals surface area (Å²) in [6.45, 7) is 6.71. The molecule has 158 valence electrons. The first-order chi connectivity index (χ1) is 13.8. The second-order valence-corrected chi connectivity index (χ2v) is 10.7. The van der Waals surface area contributed by atoms with Crippen molar-refractivity contribution in [3.63, 3.8) is 0 Å². The molecule has 2 heterocycles. The third-order valence-electron chi connectivity index (χ3n) is 5.10. The highest BCUT2D eigenvalue weighted by molar-refractivity contribution is 7.91. The quantitative estimate of drug-likeness (QED) is 0.719.